The van der Waals surface area contributed by atoms with Crippen LogP contribution in [0.1, 0.15) is 12.5 Å². The molecule has 0 spiro atoms. The van der Waals surface area contributed by atoms with Crippen molar-refractivity contribution in [1.82, 2.24) is 4.90 Å². The maximum absolute atomic E-state index is 10.8. The van der Waals surface area contributed by atoms with Gasteiger partial charge in [0.05, 0.1) is 6.54 Å². The number of carbonyl (C=O) groups is 1. The maximum atomic E-state index is 10.8. The Morgan fingerprint density at radius 1 is 1.50 bits per heavy atom. The number of rotatable bonds is 5. The topological polar surface area (TPSA) is 72.3 Å². The van der Waals surface area contributed by atoms with Crippen LogP contribution in [0, 0.1) is 0 Å². The van der Waals surface area contributed by atoms with Crippen LogP contribution in [0.25, 0.3) is 0 Å². The Morgan fingerprint density at radius 3 is 2.69 bits per heavy atom. The molecule has 1 aromatic rings. The first-order valence-electron chi connectivity index (χ1n) is 5.07. The molecule has 0 radical (unpaired) electrons. The number of nitrogen functional groups attached to an aromatic ring is 1. The third kappa shape index (κ3) is 3.72. The highest BCUT2D eigenvalue weighted by Crippen LogP contribution is 2.20. The van der Waals surface area contributed by atoms with Crippen molar-refractivity contribution in [2.45, 2.75) is 13.5 Å². The van der Waals surface area contributed by atoms with Crippen LogP contribution in [0.15, 0.2) is 18.2 Å². The summed E-state index contributed by atoms with van der Waals surface area (Å²) in [5.74, 6) is -0.339. The van der Waals surface area contributed by atoms with Gasteiger partial charge >= 0.3 is 0 Å². The molecule has 0 aliphatic heterocycles. The number of nitrogens with two attached hydrogens (primary N) is 2. The van der Waals surface area contributed by atoms with Crippen molar-refractivity contribution in [1.29, 1.82) is 0 Å². The average molecular weight is 242 g/mol. The Balaban J connectivity index is 2.73. The first kappa shape index (κ1) is 12.8. The van der Waals surface area contributed by atoms with Crippen molar-refractivity contribution in [2.75, 3.05) is 18.8 Å². The highest BCUT2D eigenvalue weighted by atomic mass is 35.5. The molecule has 1 aromatic carbocycles. The van der Waals surface area contributed by atoms with Crippen molar-refractivity contribution in [2.24, 2.45) is 5.73 Å². The summed E-state index contributed by atoms with van der Waals surface area (Å²) in [6.07, 6.45) is 0. The lowest BCUT2D eigenvalue weighted by molar-refractivity contribution is -0.119. The van der Waals surface area contributed by atoms with Crippen molar-refractivity contribution >= 4 is 23.2 Å². The summed E-state index contributed by atoms with van der Waals surface area (Å²) >= 11 is 6.04. The summed E-state index contributed by atoms with van der Waals surface area (Å²) in [7, 11) is 0. The Bertz CT molecular complexity index is 381. The van der Waals surface area contributed by atoms with E-state index in [0.29, 0.717) is 17.3 Å². The molecule has 0 unspecified atom stereocenters. The molecule has 4 nitrogen and oxygen atoms in total. The number of hydrogen-bond donors (Lipinski definition) is 2. The summed E-state index contributed by atoms with van der Waals surface area (Å²) in [6, 6.07) is 5.36. The maximum Gasteiger partial charge on any atom is 0.231 e. The van der Waals surface area contributed by atoms with Gasteiger partial charge in [-0.3, -0.25) is 9.69 Å². The van der Waals surface area contributed by atoms with Gasteiger partial charge in [0.1, 0.15) is 0 Å². The van der Waals surface area contributed by atoms with E-state index in [1.54, 1.807) is 12.1 Å². The molecule has 0 saturated carbocycles. The fourth-order valence-electron chi connectivity index (χ4n) is 1.43. The Morgan fingerprint density at radius 2 is 2.19 bits per heavy atom. The molecule has 0 saturated heterocycles. The minimum atomic E-state index is -0.339. The molecule has 4 N–H and O–H groups in total. The lowest BCUT2D eigenvalue weighted by atomic mass is 10.2. The fraction of sp³-hybridized carbons (Fsp3) is 0.364. The second kappa shape index (κ2) is 5.72. The number of nitrogens with zero attached hydrogens (tertiary/aromatic N) is 1. The van der Waals surface area contributed by atoms with Crippen LogP contribution in [-0.2, 0) is 11.3 Å². The first-order chi connectivity index (χ1) is 7.52. The largest absolute Gasteiger partial charge is 0.399 e. The van der Waals surface area contributed by atoms with E-state index in [9.17, 15) is 4.79 Å². The van der Waals surface area contributed by atoms with Gasteiger partial charge in [-0.25, -0.2) is 0 Å². The van der Waals surface area contributed by atoms with E-state index in [1.165, 1.54) is 0 Å². The lowest BCUT2D eigenvalue weighted by Gasteiger charge is -2.19. The Hall–Kier alpha value is -1.26. The predicted octanol–water partition coefficient (Wildman–Crippen LogP) is 1.23. The molecular weight excluding hydrogens is 226 g/mol. The standard InChI is InChI=1S/C11H16ClN3O/c1-2-15(7-11(14)16)6-8-3-4-9(13)5-10(8)12/h3-5H,2,6-7,13H2,1H3,(H2,14,16). The summed E-state index contributed by atoms with van der Waals surface area (Å²) < 4.78 is 0. The molecule has 0 aliphatic rings. The van der Waals surface area contributed by atoms with Gasteiger partial charge < -0.3 is 11.5 Å². The minimum Gasteiger partial charge on any atom is -0.399 e. The van der Waals surface area contributed by atoms with E-state index in [2.05, 4.69) is 0 Å². The highest BCUT2D eigenvalue weighted by Gasteiger charge is 2.09. The molecule has 0 fully saturated rings. The first-order valence-corrected chi connectivity index (χ1v) is 5.45. The molecule has 1 amide bonds. The van der Waals surface area contributed by atoms with E-state index in [1.807, 2.05) is 17.9 Å². The zero-order valence-electron chi connectivity index (χ0n) is 9.24. The van der Waals surface area contributed by atoms with Gasteiger partial charge in [-0.05, 0) is 24.2 Å². The second-order valence-corrected chi connectivity index (χ2v) is 4.03. The number of primary amides is 1. The SMILES string of the molecule is CCN(CC(N)=O)Cc1ccc(N)cc1Cl. The quantitative estimate of drug-likeness (QED) is 0.762. The summed E-state index contributed by atoms with van der Waals surface area (Å²) in [4.78, 5) is 12.7. The number of benzene rings is 1. The number of amides is 1. The van der Waals surface area contributed by atoms with Crippen LogP contribution in [-0.4, -0.2) is 23.9 Å². The molecule has 5 heteroatoms. The second-order valence-electron chi connectivity index (χ2n) is 3.62. The van der Waals surface area contributed by atoms with Gasteiger partial charge in [0.15, 0.2) is 0 Å². The van der Waals surface area contributed by atoms with Gasteiger partial charge in [-0.1, -0.05) is 24.6 Å². The van der Waals surface area contributed by atoms with E-state index < -0.39 is 0 Å². The zero-order valence-corrected chi connectivity index (χ0v) is 10.00. The summed E-state index contributed by atoms with van der Waals surface area (Å²) in [5, 5.41) is 0.614. The van der Waals surface area contributed by atoms with Gasteiger partial charge in [-0.15, -0.1) is 0 Å². The molecule has 0 bridgehead atoms. The summed E-state index contributed by atoms with van der Waals surface area (Å²) in [6.45, 7) is 3.54. The summed E-state index contributed by atoms with van der Waals surface area (Å²) in [5.41, 5.74) is 12.3. The van der Waals surface area contributed by atoms with E-state index in [-0.39, 0.29) is 12.5 Å². The van der Waals surface area contributed by atoms with Gasteiger partial charge in [-0.2, -0.15) is 0 Å². The monoisotopic (exact) mass is 241 g/mol. The zero-order chi connectivity index (χ0) is 12.1. The lowest BCUT2D eigenvalue weighted by Crippen LogP contribution is -2.33. The Labute approximate surface area is 100 Å². The minimum absolute atomic E-state index is 0.233. The highest BCUT2D eigenvalue weighted by molar-refractivity contribution is 6.31. The number of hydrogen-bond acceptors (Lipinski definition) is 3. The van der Waals surface area contributed by atoms with E-state index >= 15 is 0 Å². The molecule has 1 rings (SSSR count). The third-order valence-electron chi connectivity index (χ3n) is 2.30. The van der Waals surface area contributed by atoms with Gasteiger partial charge in [0.2, 0.25) is 5.91 Å². The number of anilines is 1. The molecule has 0 heterocycles. The van der Waals surface area contributed by atoms with Crippen LogP contribution >= 0.6 is 11.6 Å². The van der Waals surface area contributed by atoms with Gasteiger partial charge in [0.25, 0.3) is 0 Å². The average Bonchev–Trinajstić information content (AvgIpc) is 2.20. The molecule has 0 aromatic heterocycles. The normalized spacial score (nSPS) is 10.7. The number of likely N-dealkylation sites (N-methyl/N-ethyl adjacent to an activating group) is 1. The molecule has 0 aliphatic carbocycles. The van der Waals surface area contributed by atoms with E-state index in [4.69, 9.17) is 23.1 Å². The Kier molecular flexibility index (Phi) is 4.58. The van der Waals surface area contributed by atoms with Crippen LogP contribution in [0.2, 0.25) is 5.02 Å². The molecule has 0 atom stereocenters. The molecule has 88 valence electrons. The molecular formula is C11H16ClN3O. The van der Waals surface area contributed by atoms with Crippen molar-refractivity contribution in [3.05, 3.63) is 28.8 Å². The fourth-order valence-corrected chi connectivity index (χ4v) is 1.68. The van der Waals surface area contributed by atoms with Crippen molar-refractivity contribution in [3.63, 3.8) is 0 Å². The van der Waals surface area contributed by atoms with Crippen LogP contribution in [0.5, 0.6) is 0 Å². The van der Waals surface area contributed by atoms with Crippen molar-refractivity contribution in [3.8, 4) is 0 Å². The number of halogens is 1. The van der Waals surface area contributed by atoms with Gasteiger partial charge in [0, 0.05) is 17.3 Å². The smallest absolute Gasteiger partial charge is 0.231 e. The van der Waals surface area contributed by atoms with Crippen LogP contribution in [0.4, 0.5) is 5.69 Å². The van der Waals surface area contributed by atoms with Crippen LogP contribution < -0.4 is 11.5 Å². The number of carbonyl (C=O) groups excluding carboxylic acids is 1. The third-order valence-corrected chi connectivity index (χ3v) is 2.65. The molecule has 16 heavy (non-hydrogen) atoms. The van der Waals surface area contributed by atoms with Crippen LogP contribution in [0.3, 0.4) is 0 Å². The predicted molar refractivity (Wildman–Crippen MR) is 66.0 cm³/mol. The van der Waals surface area contributed by atoms with Crippen molar-refractivity contribution < 1.29 is 4.79 Å². The van der Waals surface area contributed by atoms with E-state index in [0.717, 1.165) is 12.1 Å².